The van der Waals surface area contributed by atoms with Gasteiger partial charge in [0.15, 0.2) is 5.16 Å². The Morgan fingerprint density at radius 3 is 2.59 bits per heavy atom. The summed E-state index contributed by atoms with van der Waals surface area (Å²) in [6, 6.07) is 2.10. The fourth-order valence-corrected chi connectivity index (χ4v) is 1.89. The van der Waals surface area contributed by atoms with Gasteiger partial charge in [-0.05, 0) is 27.3 Å². The maximum atomic E-state index is 5.37. The van der Waals surface area contributed by atoms with E-state index in [-0.39, 0.29) is 0 Å². The van der Waals surface area contributed by atoms with Gasteiger partial charge in [-0.15, -0.1) is 0 Å². The average Bonchev–Trinajstić information content (AvgIpc) is 2.27. The van der Waals surface area contributed by atoms with E-state index in [4.69, 9.17) is 5.84 Å². The first kappa shape index (κ1) is 14.0. The monoisotopic (exact) mass is 256 g/mol. The molecule has 1 rings (SSSR count). The first-order valence-electron chi connectivity index (χ1n) is 5.36. The molecule has 0 fully saturated rings. The lowest BCUT2D eigenvalue weighted by Crippen LogP contribution is -2.30. The number of thioether (sulfide) groups is 1. The van der Waals surface area contributed by atoms with Crippen molar-refractivity contribution in [1.82, 2.24) is 14.9 Å². The number of hydrogen-bond donors (Lipinski definition) is 3. The third-order valence-corrected chi connectivity index (χ3v) is 2.62. The number of hydrazine groups is 1. The van der Waals surface area contributed by atoms with E-state index in [2.05, 4.69) is 32.5 Å². The number of nitrogens with one attached hydrogen (secondary N) is 2. The summed E-state index contributed by atoms with van der Waals surface area (Å²) in [5.41, 5.74) is 2.54. The first-order chi connectivity index (χ1) is 8.05. The highest BCUT2D eigenvalue weighted by atomic mass is 32.2. The molecule has 0 aromatic carbocycles. The third kappa shape index (κ3) is 4.76. The van der Waals surface area contributed by atoms with Gasteiger partial charge in [-0.25, -0.2) is 15.8 Å². The van der Waals surface area contributed by atoms with Crippen LogP contribution in [0.5, 0.6) is 0 Å². The standard InChI is InChI=1S/C10H20N6S/c1-7(6-16(2)3)12-8-5-9(15-11)14-10(13-8)17-4/h5,7H,6,11H2,1-4H3,(H2,12,13,14,15). The third-order valence-electron chi connectivity index (χ3n) is 2.07. The Balaban J connectivity index is 2.75. The van der Waals surface area contributed by atoms with Crippen LogP contribution in [-0.2, 0) is 0 Å². The van der Waals surface area contributed by atoms with Crippen molar-refractivity contribution in [1.29, 1.82) is 0 Å². The van der Waals surface area contributed by atoms with Crippen LogP contribution in [0.25, 0.3) is 0 Å². The number of hydrogen-bond acceptors (Lipinski definition) is 7. The van der Waals surface area contributed by atoms with Crippen LogP contribution >= 0.6 is 11.8 Å². The summed E-state index contributed by atoms with van der Waals surface area (Å²) in [6.45, 7) is 3.04. The molecule has 0 aliphatic rings. The smallest absolute Gasteiger partial charge is 0.191 e. The molecule has 0 saturated heterocycles. The van der Waals surface area contributed by atoms with E-state index in [9.17, 15) is 0 Å². The molecular weight excluding hydrogens is 236 g/mol. The molecule has 1 atom stereocenters. The summed E-state index contributed by atoms with van der Waals surface area (Å²) >= 11 is 1.49. The Hall–Kier alpha value is -1.05. The van der Waals surface area contributed by atoms with Gasteiger partial charge < -0.3 is 15.6 Å². The molecule has 17 heavy (non-hydrogen) atoms. The van der Waals surface area contributed by atoms with Crippen molar-refractivity contribution in [3.05, 3.63) is 6.07 Å². The van der Waals surface area contributed by atoms with Crippen molar-refractivity contribution in [3.8, 4) is 0 Å². The van der Waals surface area contributed by atoms with Crippen molar-refractivity contribution in [2.75, 3.05) is 37.6 Å². The molecule has 1 heterocycles. The minimum absolute atomic E-state index is 0.306. The molecule has 0 aliphatic heterocycles. The zero-order valence-electron chi connectivity index (χ0n) is 10.7. The van der Waals surface area contributed by atoms with Gasteiger partial charge in [0.1, 0.15) is 11.6 Å². The van der Waals surface area contributed by atoms with Gasteiger partial charge in [0.25, 0.3) is 0 Å². The van der Waals surface area contributed by atoms with E-state index in [1.165, 1.54) is 11.8 Å². The second-order valence-corrected chi connectivity index (χ2v) is 4.85. The number of nitrogen functional groups attached to an aromatic ring is 1. The topological polar surface area (TPSA) is 79.1 Å². The number of nitrogens with two attached hydrogens (primary N) is 1. The molecule has 7 heteroatoms. The zero-order chi connectivity index (χ0) is 12.8. The predicted molar refractivity (Wildman–Crippen MR) is 73.3 cm³/mol. The van der Waals surface area contributed by atoms with E-state index >= 15 is 0 Å². The predicted octanol–water partition coefficient (Wildman–Crippen LogP) is 0.846. The lowest BCUT2D eigenvalue weighted by Gasteiger charge is -2.19. The quantitative estimate of drug-likeness (QED) is 0.301. The molecule has 4 N–H and O–H groups in total. The highest BCUT2D eigenvalue weighted by Gasteiger charge is 2.07. The maximum Gasteiger partial charge on any atom is 0.191 e. The van der Waals surface area contributed by atoms with Crippen LogP contribution in [0, 0.1) is 0 Å². The van der Waals surface area contributed by atoms with Crippen LogP contribution in [0.2, 0.25) is 0 Å². The second-order valence-electron chi connectivity index (χ2n) is 4.08. The van der Waals surface area contributed by atoms with E-state index < -0.39 is 0 Å². The van der Waals surface area contributed by atoms with Gasteiger partial charge in [-0.2, -0.15) is 0 Å². The van der Waals surface area contributed by atoms with E-state index in [0.29, 0.717) is 17.0 Å². The molecule has 1 unspecified atom stereocenters. The SMILES string of the molecule is CSc1nc(NN)cc(NC(C)CN(C)C)n1. The van der Waals surface area contributed by atoms with Crippen molar-refractivity contribution in [3.63, 3.8) is 0 Å². The van der Waals surface area contributed by atoms with Gasteiger partial charge in [0.05, 0.1) is 0 Å². The molecule has 0 aliphatic carbocycles. The molecular formula is C10H20N6S. The van der Waals surface area contributed by atoms with Crippen LogP contribution in [0.15, 0.2) is 11.2 Å². The fraction of sp³-hybridized carbons (Fsp3) is 0.600. The van der Waals surface area contributed by atoms with Crippen molar-refractivity contribution in [2.45, 2.75) is 18.1 Å². The lowest BCUT2D eigenvalue weighted by molar-refractivity contribution is 0.392. The number of anilines is 2. The maximum absolute atomic E-state index is 5.37. The minimum Gasteiger partial charge on any atom is -0.366 e. The minimum atomic E-state index is 0.306. The zero-order valence-corrected chi connectivity index (χ0v) is 11.5. The summed E-state index contributed by atoms with van der Waals surface area (Å²) < 4.78 is 0. The Labute approximate surface area is 106 Å². The summed E-state index contributed by atoms with van der Waals surface area (Å²) in [5, 5.41) is 4.02. The Bertz CT molecular complexity index is 334. The summed E-state index contributed by atoms with van der Waals surface area (Å²) in [4.78, 5) is 10.7. The number of rotatable bonds is 6. The van der Waals surface area contributed by atoms with Crippen molar-refractivity contribution >= 4 is 23.4 Å². The second kappa shape index (κ2) is 6.63. The summed E-state index contributed by atoms with van der Waals surface area (Å²) in [6.07, 6.45) is 1.93. The van der Waals surface area contributed by atoms with E-state index in [1.807, 2.05) is 20.4 Å². The lowest BCUT2D eigenvalue weighted by atomic mass is 10.3. The highest BCUT2D eigenvalue weighted by molar-refractivity contribution is 7.98. The largest absolute Gasteiger partial charge is 0.366 e. The van der Waals surface area contributed by atoms with Gasteiger partial charge in [0.2, 0.25) is 0 Å². The fourth-order valence-electron chi connectivity index (χ4n) is 1.51. The highest BCUT2D eigenvalue weighted by Crippen LogP contribution is 2.17. The molecule has 1 aromatic rings. The molecule has 0 spiro atoms. The van der Waals surface area contributed by atoms with Gasteiger partial charge >= 0.3 is 0 Å². The number of nitrogens with zero attached hydrogens (tertiary/aromatic N) is 3. The molecule has 0 bridgehead atoms. The van der Waals surface area contributed by atoms with Gasteiger partial charge in [0, 0.05) is 18.7 Å². The number of likely N-dealkylation sites (N-methyl/N-ethyl adjacent to an activating group) is 1. The van der Waals surface area contributed by atoms with Crippen LogP contribution < -0.4 is 16.6 Å². The number of aromatic nitrogens is 2. The normalized spacial score (nSPS) is 12.6. The Morgan fingerprint density at radius 2 is 2.06 bits per heavy atom. The Morgan fingerprint density at radius 1 is 1.41 bits per heavy atom. The molecule has 96 valence electrons. The van der Waals surface area contributed by atoms with Crippen LogP contribution in [0.4, 0.5) is 11.6 Å². The Kier molecular flexibility index (Phi) is 5.46. The molecule has 6 nitrogen and oxygen atoms in total. The van der Waals surface area contributed by atoms with Crippen molar-refractivity contribution < 1.29 is 0 Å². The van der Waals surface area contributed by atoms with Gasteiger partial charge in [-0.1, -0.05) is 11.8 Å². The first-order valence-corrected chi connectivity index (χ1v) is 6.58. The average molecular weight is 256 g/mol. The van der Waals surface area contributed by atoms with E-state index in [1.54, 1.807) is 6.07 Å². The van der Waals surface area contributed by atoms with E-state index in [0.717, 1.165) is 12.4 Å². The van der Waals surface area contributed by atoms with Crippen molar-refractivity contribution in [2.24, 2.45) is 5.84 Å². The summed E-state index contributed by atoms with van der Waals surface area (Å²) in [7, 11) is 4.08. The van der Waals surface area contributed by atoms with Crippen LogP contribution in [-0.4, -0.2) is 47.8 Å². The van der Waals surface area contributed by atoms with Crippen LogP contribution in [0.3, 0.4) is 0 Å². The summed E-state index contributed by atoms with van der Waals surface area (Å²) in [5.74, 6) is 6.77. The van der Waals surface area contributed by atoms with Gasteiger partial charge in [-0.3, -0.25) is 0 Å². The van der Waals surface area contributed by atoms with Crippen LogP contribution in [0.1, 0.15) is 6.92 Å². The molecule has 1 aromatic heterocycles. The molecule has 0 amide bonds. The molecule has 0 radical (unpaired) electrons. The molecule has 0 saturated carbocycles.